The van der Waals surface area contributed by atoms with Crippen LogP contribution in [0.1, 0.15) is 38.3 Å². The number of likely N-dealkylation sites (tertiary alicyclic amines) is 1. The molecule has 3 atom stereocenters. The summed E-state index contributed by atoms with van der Waals surface area (Å²) in [7, 11) is 1.96. The van der Waals surface area contributed by atoms with E-state index in [1.54, 1.807) is 0 Å². The van der Waals surface area contributed by atoms with Gasteiger partial charge in [-0.05, 0) is 31.5 Å². The molecule has 2 heterocycles. The molecule has 3 aromatic rings. The Bertz CT molecular complexity index is 1100. The summed E-state index contributed by atoms with van der Waals surface area (Å²) in [4.78, 5) is 31.6. The first-order chi connectivity index (χ1) is 14.9. The largest absolute Gasteiger partial charge is 0.424 e. The van der Waals surface area contributed by atoms with Crippen LogP contribution in [-0.2, 0) is 11.8 Å². The number of aryl methyl sites for hydroxylation is 1. The maximum Gasteiger partial charge on any atom is 0.424 e. The Morgan fingerprint density at radius 2 is 1.90 bits per heavy atom. The number of thioether (sulfide) groups is 1. The van der Waals surface area contributed by atoms with Gasteiger partial charge in [-0.3, -0.25) is 5.32 Å². The van der Waals surface area contributed by atoms with E-state index in [2.05, 4.69) is 10.3 Å². The minimum Gasteiger partial charge on any atom is -0.322 e. The summed E-state index contributed by atoms with van der Waals surface area (Å²) in [5.41, 5.74) is 2.97. The van der Waals surface area contributed by atoms with Crippen molar-refractivity contribution in [3.8, 4) is 0 Å². The van der Waals surface area contributed by atoms with E-state index in [1.807, 2.05) is 80.1 Å². The summed E-state index contributed by atoms with van der Waals surface area (Å²) in [6, 6.07) is 17.4. The van der Waals surface area contributed by atoms with E-state index in [4.69, 9.17) is 0 Å². The lowest BCUT2D eigenvalue weighted by Crippen LogP contribution is -2.63. The fourth-order valence-electron chi connectivity index (χ4n) is 4.48. The Kier molecular flexibility index (Phi) is 6.16. The lowest BCUT2D eigenvalue weighted by Gasteiger charge is -2.33. The van der Waals surface area contributed by atoms with E-state index >= 15 is 0 Å². The van der Waals surface area contributed by atoms with Gasteiger partial charge in [-0.1, -0.05) is 54.2 Å². The molecule has 0 bridgehead atoms. The number of nitrogens with one attached hydrogen (secondary N) is 1. The van der Waals surface area contributed by atoms with Crippen LogP contribution in [-0.4, -0.2) is 44.3 Å². The Morgan fingerprint density at radius 3 is 2.58 bits per heavy atom. The highest BCUT2D eigenvalue weighted by Crippen LogP contribution is 2.31. The minimum absolute atomic E-state index is 0.0310. The highest BCUT2D eigenvalue weighted by atomic mass is 32.2. The van der Waals surface area contributed by atoms with Crippen LogP contribution in [0.15, 0.2) is 59.8 Å². The molecule has 6 nitrogen and oxygen atoms in total. The number of benzene rings is 2. The van der Waals surface area contributed by atoms with Crippen LogP contribution < -0.4 is 5.32 Å². The molecule has 0 saturated carbocycles. The number of rotatable bonds is 5. The number of hydrogen-bond acceptors (Lipinski definition) is 4. The number of nitrogens with zero attached hydrogens (tertiary/aromatic N) is 3. The van der Waals surface area contributed by atoms with E-state index < -0.39 is 0 Å². The molecule has 31 heavy (non-hydrogen) atoms. The number of imidazole rings is 1. The second kappa shape index (κ2) is 8.85. The van der Waals surface area contributed by atoms with Crippen molar-refractivity contribution in [1.29, 1.82) is 0 Å². The number of quaternary nitrogens is 1. The normalized spacial score (nSPS) is 21.8. The Hall–Kier alpha value is -2.64. The van der Waals surface area contributed by atoms with Crippen LogP contribution >= 0.6 is 11.8 Å². The van der Waals surface area contributed by atoms with Gasteiger partial charge in [-0.2, -0.15) is 4.48 Å². The predicted molar refractivity (Wildman–Crippen MR) is 124 cm³/mol. The molecule has 0 radical (unpaired) electrons. The van der Waals surface area contributed by atoms with E-state index in [0.717, 1.165) is 34.6 Å². The van der Waals surface area contributed by atoms with Crippen molar-refractivity contribution in [2.45, 2.75) is 43.9 Å². The average Bonchev–Trinajstić information content (AvgIpc) is 3.33. The molecule has 1 unspecified atom stereocenters. The van der Waals surface area contributed by atoms with Crippen LogP contribution in [0.5, 0.6) is 0 Å². The van der Waals surface area contributed by atoms with Gasteiger partial charge in [0.2, 0.25) is 0 Å². The molecule has 1 aromatic heterocycles. The number of para-hydroxylation sites is 2. The quantitative estimate of drug-likeness (QED) is 0.466. The monoisotopic (exact) mass is 437 g/mol. The molecular weight excluding hydrogens is 408 g/mol. The second-order valence-corrected chi connectivity index (χ2v) is 9.23. The van der Waals surface area contributed by atoms with Crippen LogP contribution in [0, 0.1) is 0 Å². The second-order valence-electron chi connectivity index (χ2n) is 8.29. The smallest absolute Gasteiger partial charge is 0.322 e. The molecule has 4 rings (SSSR count). The van der Waals surface area contributed by atoms with Crippen molar-refractivity contribution < 1.29 is 14.1 Å². The van der Waals surface area contributed by atoms with Crippen molar-refractivity contribution in [2.75, 3.05) is 12.3 Å². The molecule has 1 N–H and O–H groups in total. The average molecular weight is 438 g/mol. The van der Waals surface area contributed by atoms with Crippen molar-refractivity contribution in [3.05, 3.63) is 60.2 Å². The Morgan fingerprint density at radius 1 is 1.19 bits per heavy atom. The summed E-state index contributed by atoms with van der Waals surface area (Å²) >= 11 is 1.41. The standard InChI is InChI=1S/C24H28N4O2S/c1-17-10-9-15-28(17,24(30)25-18(2)19-11-5-4-6-12-19)22(29)16-31-23-26-20-13-7-8-14-21(20)27(23)3/h4-8,11-14,17-18H,9-10,15-16H2,1-3H3/p+1/t17-,18+,28?/m1/s1. The molecule has 1 aliphatic rings. The molecule has 1 saturated heterocycles. The van der Waals surface area contributed by atoms with Gasteiger partial charge in [-0.25, -0.2) is 14.6 Å². The fourth-order valence-corrected chi connectivity index (χ4v) is 5.42. The maximum atomic E-state index is 13.5. The SMILES string of the molecule is C[C@H](NC(=O)[N+]1(C(=O)CSc2nc3ccccc3n2C)CCC[C@H]1C)c1ccccc1. The third kappa shape index (κ3) is 4.00. The lowest BCUT2D eigenvalue weighted by molar-refractivity contribution is -0.784. The maximum absolute atomic E-state index is 13.5. The first-order valence-corrected chi connectivity index (χ1v) is 11.7. The molecule has 1 aliphatic heterocycles. The summed E-state index contributed by atoms with van der Waals surface area (Å²) in [5.74, 6) is 0.161. The van der Waals surface area contributed by atoms with Crippen LogP contribution in [0.25, 0.3) is 11.0 Å². The summed E-state index contributed by atoms with van der Waals surface area (Å²) in [6.45, 7) is 4.52. The highest BCUT2D eigenvalue weighted by Gasteiger charge is 2.52. The van der Waals surface area contributed by atoms with E-state index in [9.17, 15) is 9.59 Å². The van der Waals surface area contributed by atoms with Gasteiger partial charge in [0.1, 0.15) is 11.8 Å². The minimum atomic E-state index is -0.197. The first kappa shape index (κ1) is 21.6. The molecular formula is C24H29N4O2S+. The molecule has 7 heteroatoms. The van der Waals surface area contributed by atoms with Crippen molar-refractivity contribution >= 4 is 34.7 Å². The lowest BCUT2D eigenvalue weighted by atomic mass is 10.1. The number of amides is 3. The van der Waals surface area contributed by atoms with Gasteiger partial charge in [0, 0.05) is 19.9 Å². The summed E-state index contributed by atoms with van der Waals surface area (Å²) in [6.07, 6.45) is 1.74. The molecule has 0 aliphatic carbocycles. The summed E-state index contributed by atoms with van der Waals surface area (Å²) in [5, 5.41) is 3.89. The van der Waals surface area contributed by atoms with Gasteiger partial charge >= 0.3 is 11.9 Å². The molecule has 2 aromatic carbocycles. The van der Waals surface area contributed by atoms with Gasteiger partial charge in [0.25, 0.3) is 0 Å². The Balaban J connectivity index is 1.52. The van der Waals surface area contributed by atoms with Gasteiger partial charge in [0.15, 0.2) is 5.16 Å². The van der Waals surface area contributed by atoms with Gasteiger partial charge in [-0.15, -0.1) is 0 Å². The molecule has 162 valence electrons. The topological polar surface area (TPSA) is 64.0 Å². The third-order valence-corrected chi connectivity index (χ3v) is 7.42. The number of hydrogen-bond donors (Lipinski definition) is 1. The number of urea groups is 1. The zero-order valence-corrected chi connectivity index (χ0v) is 19.1. The number of aromatic nitrogens is 2. The van der Waals surface area contributed by atoms with Crippen molar-refractivity contribution in [2.24, 2.45) is 7.05 Å². The summed E-state index contributed by atoms with van der Waals surface area (Å²) < 4.78 is 1.87. The van der Waals surface area contributed by atoms with Crippen molar-refractivity contribution in [1.82, 2.24) is 14.9 Å². The molecule has 0 spiro atoms. The first-order valence-electron chi connectivity index (χ1n) is 10.7. The third-order valence-electron chi connectivity index (χ3n) is 6.40. The van der Waals surface area contributed by atoms with Crippen LogP contribution in [0.3, 0.4) is 0 Å². The van der Waals surface area contributed by atoms with E-state index in [1.165, 1.54) is 11.8 Å². The molecule has 1 fully saturated rings. The predicted octanol–water partition coefficient (Wildman–Crippen LogP) is 4.66. The zero-order valence-electron chi connectivity index (χ0n) is 18.2. The van der Waals surface area contributed by atoms with Crippen LogP contribution in [0.2, 0.25) is 0 Å². The zero-order chi connectivity index (χ0) is 22.0. The number of carbonyl (C=O) groups is 2. The number of fused-ring (bicyclic) bond motifs is 1. The number of imide groups is 1. The highest BCUT2D eigenvalue weighted by molar-refractivity contribution is 7.99. The van der Waals surface area contributed by atoms with E-state index in [0.29, 0.717) is 6.54 Å². The molecule has 3 amide bonds. The van der Waals surface area contributed by atoms with Gasteiger partial charge in [0.05, 0.1) is 23.6 Å². The fraction of sp³-hybridized carbons (Fsp3) is 0.375. The van der Waals surface area contributed by atoms with E-state index in [-0.39, 0.29) is 34.3 Å². The number of carbonyl (C=O) groups excluding carboxylic acids is 2. The Labute approximate surface area is 187 Å². The van der Waals surface area contributed by atoms with Crippen LogP contribution in [0.4, 0.5) is 4.79 Å². The van der Waals surface area contributed by atoms with Gasteiger partial charge < -0.3 is 4.57 Å². The van der Waals surface area contributed by atoms with Crippen molar-refractivity contribution in [3.63, 3.8) is 0 Å².